The van der Waals surface area contributed by atoms with Gasteiger partial charge in [0.1, 0.15) is 19.3 Å². The molecule has 6 atom stereocenters. The summed E-state index contributed by atoms with van der Waals surface area (Å²) in [5.74, 6) is -0.527. The highest BCUT2D eigenvalue weighted by atomic mass is 31.2. The molecule has 0 amide bonds. The summed E-state index contributed by atoms with van der Waals surface area (Å²) in [5, 5.41) is 10.7. The van der Waals surface area contributed by atoms with E-state index in [0.717, 1.165) is 102 Å². The van der Waals surface area contributed by atoms with Crippen LogP contribution in [0.3, 0.4) is 0 Å². The van der Waals surface area contributed by atoms with E-state index in [0.29, 0.717) is 25.7 Å². The molecule has 3 unspecified atom stereocenters. The molecule has 0 aromatic rings. The highest BCUT2D eigenvalue weighted by molar-refractivity contribution is 7.47. The minimum atomic E-state index is -4.96. The fourth-order valence-corrected chi connectivity index (χ4v) is 14.4. The molecule has 0 heterocycles. The molecule has 0 aliphatic heterocycles. The first kappa shape index (κ1) is 100. The number of ether oxygens (including phenoxy) is 4. The van der Waals surface area contributed by atoms with Gasteiger partial charge in [0, 0.05) is 25.7 Å². The van der Waals surface area contributed by atoms with E-state index in [1.54, 1.807) is 0 Å². The summed E-state index contributed by atoms with van der Waals surface area (Å²) in [6, 6.07) is 0. The Bertz CT molecular complexity index is 1960. The van der Waals surface area contributed by atoms with Gasteiger partial charge in [-0.1, -0.05) is 388 Å². The monoisotopic (exact) mass is 1490 g/mol. The van der Waals surface area contributed by atoms with Crippen LogP contribution in [0, 0.1) is 11.8 Å². The Balaban J connectivity index is 5.27. The van der Waals surface area contributed by atoms with Crippen LogP contribution in [0.15, 0.2) is 0 Å². The summed E-state index contributed by atoms with van der Waals surface area (Å²) in [6.07, 6.45) is 65.1. The van der Waals surface area contributed by atoms with Crippen molar-refractivity contribution in [1.29, 1.82) is 0 Å². The SMILES string of the molecule is CCCCCCCCCCCCCCCCCCCCC(=O)O[C@H](COC(=O)CCCCCCCCCCCCCCCCC(C)C)COP(=O)(O)OC[C@@H](O)COP(=O)(O)OC[C@@H](COC(=O)CCCCCCCCCCC(C)CC)OC(=O)CCCCCCCCCCCCCCCCC. The van der Waals surface area contributed by atoms with E-state index in [4.69, 9.17) is 37.0 Å². The maximum atomic E-state index is 13.1. The zero-order valence-electron chi connectivity index (χ0n) is 66.9. The standard InChI is InChI=1S/C83H162O17P2/c1-7-10-12-14-16-18-20-22-24-25-26-28-34-38-42-50-56-62-68-82(87)99-78(71-93-80(85)65-59-53-47-40-36-32-30-29-31-35-39-45-51-57-63-75(4)5)73-97-101(89,90)95-69-77(84)70-96-102(91,92)98-74-79(72-94-81(86)66-60-54-48-44-43-46-52-58-64-76(6)9-3)100-83(88)67-61-55-49-41-37-33-27-23-21-19-17-15-13-11-8-2/h75-79,84H,7-74H2,1-6H3,(H,89,90)(H,91,92)/t76?,77-,78-,79-/m1/s1. The number of esters is 4. The van der Waals surface area contributed by atoms with Gasteiger partial charge in [-0.25, -0.2) is 9.13 Å². The van der Waals surface area contributed by atoms with Gasteiger partial charge in [0.2, 0.25) is 0 Å². The molecule has 19 heteroatoms. The molecule has 17 nitrogen and oxygen atoms in total. The van der Waals surface area contributed by atoms with Crippen LogP contribution in [-0.2, 0) is 65.4 Å². The third-order valence-electron chi connectivity index (χ3n) is 19.8. The van der Waals surface area contributed by atoms with Crippen LogP contribution < -0.4 is 0 Å². The Hall–Kier alpha value is -1.94. The van der Waals surface area contributed by atoms with Gasteiger partial charge in [0.05, 0.1) is 26.4 Å². The largest absolute Gasteiger partial charge is 0.472 e. The van der Waals surface area contributed by atoms with Crippen molar-refractivity contribution in [3.8, 4) is 0 Å². The van der Waals surface area contributed by atoms with E-state index in [1.165, 1.54) is 257 Å². The Morgan fingerprint density at radius 1 is 0.284 bits per heavy atom. The molecule has 0 saturated heterocycles. The van der Waals surface area contributed by atoms with Crippen LogP contribution in [0.5, 0.6) is 0 Å². The molecule has 606 valence electrons. The molecule has 0 fully saturated rings. The summed E-state index contributed by atoms with van der Waals surface area (Å²) in [6.45, 7) is 9.69. The lowest BCUT2D eigenvalue weighted by Crippen LogP contribution is -2.30. The molecule has 0 bridgehead atoms. The average Bonchev–Trinajstić information content (AvgIpc) is 0.910. The Labute approximate surface area is 626 Å². The Morgan fingerprint density at radius 2 is 0.500 bits per heavy atom. The topological polar surface area (TPSA) is 237 Å². The molecule has 0 spiro atoms. The molecule has 0 aromatic carbocycles. The van der Waals surface area contributed by atoms with E-state index in [2.05, 4.69) is 41.5 Å². The number of unbranched alkanes of at least 4 members (excludes halogenated alkanes) is 51. The minimum absolute atomic E-state index is 0.108. The van der Waals surface area contributed by atoms with Gasteiger partial charge < -0.3 is 33.8 Å². The van der Waals surface area contributed by atoms with Gasteiger partial charge in [-0.2, -0.15) is 0 Å². The average molecular weight is 1490 g/mol. The maximum absolute atomic E-state index is 13.1. The van der Waals surface area contributed by atoms with Crippen molar-refractivity contribution >= 4 is 39.5 Å². The predicted octanol–water partition coefficient (Wildman–Crippen LogP) is 25.1. The van der Waals surface area contributed by atoms with Crippen LogP contribution in [0.4, 0.5) is 0 Å². The van der Waals surface area contributed by atoms with Crippen molar-refractivity contribution in [3.05, 3.63) is 0 Å². The molecule has 0 rings (SSSR count). The lowest BCUT2D eigenvalue weighted by Gasteiger charge is -2.21. The normalized spacial score (nSPS) is 14.1. The number of phosphoric acid groups is 2. The van der Waals surface area contributed by atoms with Gasteiger partial charge >= 0.3 is 39.5 Å². The number of hydrogen-bond donors (Lipinski definition) is 3. The molecule has 0 aliphatic rings. The molecule has 0 radical (unpaired) electrons. The number of hydrogen-bond acceptors (Lipinski definition) is 15. The first-order valence-electron chi connectivity index (χ1n) is 43.0. The molecule has 3 N–H and O–H groups in total. The lowest BCUT2D eigenvalue weighted by atomic mass is 9.99. The number of carbonyl (C=O) groups excluding carboxylic acids is 4. The molecular weight excluding hydrogens is 1330 g/mol. The third kappa shape index (κ3) is 74.9. The lowest BCUT2D eigenvalue weighted by molar-refractivity contribution is -0.161. The van der Waals surface area contributed by atoms with Crippen LogP contribution >= 0.6 is 15.6 Å². The summed E-state index contributed by atoms with van der Waals surface area (Å²) in [4.78, 5) is 73.2. The van der Waals surface area contributed by atoms with Crippen molar-refractivity contribution < 1.29 is 80.2 Å². The van der Waals surface area contributed by atoms with Crippen LogP contribution in [0.2, 0.25) is 0 Å². The van der Waals surface area contributed by atoms with Crippen LogP contribution in [0.25, 0.3) is 0 Å². The maximum Gasteiger partial charge on any atom is 0.472 e. The van der Waals surface area contributed by atoms with Crippen LogP contribution in [0.1, 0.15) is 440 Å². The molecule has 0 saturated carbocycles. The van der Waals surface area contributed by atoms with Crippen molar-refractivity contribution in [3.63, 3.8) is 0 Å². The summed E-state index contributed by atoms with van der Waals surface area (Å²) < 4.78 is 68.8. The predicted molar refractivity (Wildman–Crippen MR) is 418 cm³/mol. The number of carbonyl (C=O) groups is 4. The van der Waals surface area contributed by atoms with Crippen molar-refractivity contribution in [1.82, 2.24) is 0 Å². The van der Waals surface area contributed by atoms with Crippen molar-refractivity contribution in [2.45, 2.75) is 458 Å². The second-order valence-electron chi connectivity index (χ2n) is 30.6. The Kier molecular flexibility index (Phi) is 73.1. The van der Waals surface area contributed by atoms with E-state index < -0.39 is 97.5 Å². The van der Waals surface area contributed by atoms with Gasteiger partial charge in [0.25, 0.3) is 0 Å². The number of aliphatic hydroxyl groups excluding tert-OH is 1. The fourth-order valence-electron chi connectivity index (χ4n) is 12.9. The minimum Gasteiger partial charge on any atom is -0.462 e. The first-order chi connectivity index (χ1) is 49.4. The first-order valence-corrected chi connectivity index (χ1v) is 46.0. The number of phosphoric ester groups is 2. The zero-order valence-corrected chi connectivity index (χ0v) is 68.7. The molecular formula is C83H162O17P2. The molecule has 0 aliphatic carbocycles. The smallest absolute Gasteiger partial charge is 0.462 e. The van der Waals surface area contributed by atoms with Gasteiger partial charge in [-0.05, 0) is 37.5 Å². The van der Waals surface area contributed by atoms with E-state index in [9.17, 15) is 43.2 Å². The van der Waals surface area contributed by atoms with E-state index in [1.807, 2.05) is 0 Å². The summed E-state index contributed by atoms with van der Waals surface area (Å²) in [5.41, 5.74) is 0. The fraction of sp³-hybridized carbons (Fsp3) is 0.952. The Morgan fingerprint density at radius 3 is 0.745 bits per heavy atom. The second-order valence-corrected chi connectivity index (χ2v) is 33.5. The van der Waals surface area contributed by atoms with Gasteiger partial charge in [-0.3, -0.25) is 37.3 Å². The third-order valence-corrected chi connectivity index (χ3v) is 21.7. The van der Waals surface area contributed by atoms with E-state index >= 15 is 0 Å². The molecule has 0 aromatic heterocycles. The van der Waals surface area contributed by atoms with Crippen molar-refractivity contribution in [2.75, 3.05) is 39.6 Å². The quantitative estimate of drug-likeness (QED) is 0.0222. The van der Waals surface area contributed by atoms with E-state index in [-0.39, 0.29) is 25.7 Å². The van der Waals surface area contributed by atoms with Gasteiger partial charge in [0.15, 0.2) is 12.2 Å². The zero-order chi connectivity index (χ0) is 74.9. The number of rotatable bonds is 82. The highest BCUT2D eigenvalue weighted by Crippen LogP contribution is 2.45. The second kappa shape index (κ2) is 74.5. The highest BCUT2D eigenvalue weighted by Gasteiger charge is 2.30. The van der Waals surface area contributed by atoms with Gasteiger partial charge in [-0.15, -0.1) is 0 Å². The van der Waals surface area contributed by atoms with Crippen LogP contribution in [-0.4, -0.2) is 96.7 Å². The number of aliphatic hydroxyl groups is 1. The summed E-state index contributed by atoms with van der Waals surface area (Å²) >= 11 is 0. The summed E-state index contributed by atoms with van der Waals surface area (Å²) in [7, 11) is -9.92. The van der Waals surface area contributed by atoms with Crippen molar-refractivity contribution in [2.24, 2.45) is 11.8 Å². The molecule has 102 heavy (non-hydrogen) atoms.